The van der Waals surface area contributed by atoms with Crippen molar-refractivity contribution in [3.8, 4) is 5.75 Å². The number of nitrogens with one attached hydrogen (secondary N) is 2. The van der Waals surface area contributed by atoms with Crippen molar-refractivity contribution in [3.63, 3.8) is 0 Å². The third-order valence-corrected chi connectivity index (χ3v) is 6.39. The number of hydrogen-bond acceptors (Lipinski definition) is 6. The van der Waals surface area contributed by atoms with Crippen molar-refractivity contribution in [2.24, 2.45) is 0 Å². The molecule has 0 saturated carbocycles. The first kappa shape index (κ1) is 21.5. The number of fused-ring (bicyclic) bond motifs is 1. The molecular weight excluding hydrogens is 441 g/mol. The lowest BCUT2D eigenvalue weighted by Gasteiger charge is -2.33. The van der Waals surface area contributed by atoms with Crippen molar-refractivity contribution in [3.05, 3.63) is 64.7 Å². The van der Waals surface area contributed by atoms with E-state index >= 15 is 0 Å². The standard InChI is InChI=1S/C21H21ClFN5O2S/c1-3-4-17-25-26-21-28(17)27-18(12-5-10-16(30-2)15(22)11-12)19(31-21)20(29)24-14-8-6-13(23)7-9-14/h5-11,18-19,27H,3-4H2,1-2H3,(H,24,29). The van der Waals surface area contributed by atoms with E-state index in [1.165, 1.54) is 36.0 Å². The lowest BCUT2D eigenvalue weighted by Crippen LogP contribution is -2.41. The second kappa shape index (κ2) is 9.15. The molecule has 1 aliphatic rings. The molecular formula is C21H21ClFN5O2S. The van der Waals surface area contributed by atoms with Gasteiger partial charge in [-0.2, -0.15) is 0 Å². The molecule has 2 atom stereocenters. The number of methoxy groups -OCH3 is 1. The van der Waals surface area contributed by atoms with Gasteiger partial charge in [0.25, 0.3) is 0 Å². The van der Waals surface area contributed by atoms with Crippen LogP contribution in [0.5, 0.6) is 5.75 Å². The van der Waals surface area contributed by atoms with Crippen molar-refractivity contribution in [1.29, 1.82) is 0 Å². The molecule has 31 heavy (non-hydrogen) atoms. The number of aryl methyl sites for hydroxylation is 1. The second-order valence-electron chi connectivity index (χ2n) is 7.02. The highest BCUT2D eigenvalue weighted by molar-refractivity contribution is 8.00. The Balaban J connectivity index is 1.68. The van der Waals surface area contributed by atoms with Gasteiger partial charge in [0.1, 0.15) is 16.8 Å². The molecule has 0 bridgehead atoms. The fourth-order valence-corrected chi connectivity index (χ4v) is 4.72. The maximum atomic E-state index is 13.2. The lowest BCUT2D eigenvalue weighted by atomic mass is 10.0. The summed E-state index contributed by atoms with van der Waals surface area (Å²) in [6, 6.07) is 10.7. The molecule has 7 nitrogen and oxygen atoms in total. The molecule has 2 unspecified atom stereocenters. The Morgan fingerprint density at radius 1 is 1.29 bits per heavy atom. The predicted octanol–water partition coefficient (Wildman–Crippen LogP) is 4.43. The van der Waals surface area contributed by atoms with Crippen LogP contribution in [0.15, 0.2) is 47.6 Å². The average Bonchev–Trinajstić information content (AvgIpc) is 3.16. The smallest absolute Gasteiger partial charge is 0.240 e. The van der Waals surface area contributed by atoms with E-state index in [0.29, 0.717) is 21.6 Å². The van der Waals surface area contributed by atoms with Crippen LogP contribution in [0, 0.1) is 5.82 Å². The fourth-order valence-electron chi connectivity index (χ4n) is 3.36. The topological polar surface area (TPSA) is 81.1 Å². The molecule has 1 aromatic heterocycles. The predicted molar refractivity (Wildman–Crippen MR) is 119 cm³/mol. The normalized spacial score (nSPS) is 17.5. The quantitative estimate of drug-likeness (QED) is 0.565. The minimum Gasteiger partial charge on any atom is -0.495 e. The van der Waals surface area contributed by atoms with Gasteiger partial charge in [0.2, 0.25) is 11.1 Å². The summed E-state index contributed by atoms with van der Waals surface area (Å²) in [5.41, 5.74) is 4.72. The van der Waals surface area contributed by atoms with Gasteiger partial charge >= 0.3 is 0 Å². The first-order valence-electron chi connectivity index (χ1n) is 9.77. The average molecular weight is 462 g/mol. The van der Waals surface area contributed by atoms with Crippen LogP contribution in [0.1, 0.15) is 30.8 Å². The van der Waals surface area contributed by atoms with E-state index in [-0.39, 0.29) is 11.7 Å². The number of amides is 1. The maximum absolute atomic E-state index is 13.2. The van der Waals surface area contributed by atoms with Gasteiger partial charge in [0.15, 0.2) is 5.82 Å². The van der Waals surface area contributed by atoms with Gasteiger partial charge < -0.3 is 15.5 Å². The summed E-state index contributed by atoms with van der Waals surface area (Å²) in [4.78, 5) is 13.2. The molecule has 0 aliphatic carbocycles. The molecule has 1 aliphatic heterocycles. The zero-order valence-corrected chi connectivity index (χ0v) is 18.5. The zero-order chi connectivity index (χ0) is 22.0. The number of carbonyl (C=O) groups is 1. The van der Waals surface area contributed by atoms with E-state index in [2.05, 4.69) is 27.9 Å². The van der Waals surface area contributed by atoms with Crippen LogP contribution in [0.25, 0.3) is 0 Å². The number of benzene rings is 2. The van der Waals surface area contributed by atoms with Crippen molar-refractivity contribution in [2.75, 3.05) is 17.9 Å². The third kappa shape index (κ3) is 4.47. The summed E-state index contributed by atoms with van der Waals surface area (Å²) in [7, 11) is 1.55. The highest BCUT2D eigenvalue weighted by Gasteiger charge is 2.38. The molecule has 2 heterocycles. The minimum absolute atomic E-state index is 0.243. The molecule has 0 saturated heterocycles. The molecule has 4 rings (SSSR count). The fraction of sp³-hybridized carbons (Fsp3) is 0.286. The molecule has 0 fully saturated rings. The molecule has 162 valence electrons. The van der Waals surface area contributed by atoms with Crippen LogP contribution in [0.4, 0.5) is 10.1 Å². The van der Waals surface area contributed by atoms with Crippen molar-refractivity contribution in [1.82, 2.24) is 14.9 Å². The minimum atomic E-state index is -0.569. The number of ether oxygens (including phenoxy) is 1. The highest BCUT2D eigenvalue weighted by atomic mass is 35.5. The molecule has 0 spiro atoms. The van der Waals surface area contributed by atoms with Crippen molar-refractivity contribution < 1.29 is 13.9 Å². The van der Waals surface area contributed by atoms with Gasteiger partial charge in [-0.3, -0.25) is 4.79 Å². The first-order chi connectivity index (χ1) is 15.0. The Morgan fingerprint density at radius 2 is 2.06 bits per heavy atom. The number of halogens is 2. The first-order valence-corrected chi connectivity index (χ1v) is 11.0. The summed E-state index contributed by atoms with van der Waals surface area (Å²) < 4.78 is 20.3. The number of rotatable bonds is 6. The van der Waals surface area contributed by atoms with Crippen LogP contribution in [0.2, 0.25) is 5.02 Å². The number of anilines is 1. The Bertz CT molecular complexity index is 1090. The number of nitrogens with zero attached hydrogens (tertiary/aromatic N) is 3. The van der Waals surface area contributed by atoms with Gasteiger partial charge in [-0.05, 0) is 48.4 Å². The van der Waals surface area contributed by atoms with Gasteiger partial charge in [-0.15, -0.1) is 10.2 Å². The summed E-state index contributed by atoms with van der Waals surface area (Å²) >= 11 is 7.67. The Labute approximate surface area is 188 Å². The number of hydrogen-bond donors (Lipinski definition) is 2. The molecule has 2 aromatic carbocycles. The molecule has 3 aromatic rings. The van der Waals surface area contributed by atoms with Crippen molar-refractivity contribution >= 4 is 35.0 Å². The van der Waals surface area contributed by atoms with Gasteiger partial charge in [-0.1, -0.05) is 36.4 Å². The third-order valence-electron chi connectivity index (χ3n) is 4.88. The monoisotopic (exact) mass is 461 g/mol. The lowest BCUT2D eigenvalue weighted by molar-refractivity contribution is -0.116. The number of thioether (sulfide) groups is 1. The van der Waals surface area contributed by atoms with E-state index in [1.807, 2.05) is 10.7 Å². The van der Waals surface area contributed by atoms with E-state index < -0.39 is 11.3 Å². The summed E-state index contributed by atoms with van der Waals surface area (Å²) in [6.07, 6.45) is 1.67. The highest BCUT2D eigenvalue weighted by Crippen LogP contribution is 2.39. The van der Waals surface area contributed by atoms with Gasteiger partial charge in [0, 0.05) is 12.1 Å². The summed E-state index contributed by atoms with van der Waals surface area (Å²) in [6.45, 7) is 2.07. The molecule has 2 N–H and O–H groups in total. The van der Waals surface area contributed by atoms with E-state index in [9.17, 15) is 9.18 Å². The van der Waals surface area contributed by atoms with Crippen LogP contribution in [-0.4, -0.2) is 33.1 Å². The Morgan fingerprint density at radius 3 is 2.74 bits per heavy atom. The summed E-state index contributed by atoms with van der Waals surface area (Å²) in [5, 5.41) is 11.8. The van der Waals surface area contributed by atoms with E-state index in [4.69, 9.17) is 16.3 Å². The van der Waals surface area contributed by atoms with Crippen LogP contribution in [-0.2, 0) is 11.2 Å². The zero-order valence-electron chi connectivity index (χ0n) is 16.9. The van der Waals surface area contributed by atoms with Gasteiger partial charge in [0.05, 0.1) is 18.2 Å². The Hall–Kier alpha value is -2.78. The van der Waals surface area contributed by atoms with Crippen molar-refractivity contribution in [2.45, 2.75) is 36.2 Å². The second-order valence-corrected chi connectivity index (χ2v) is 8.54. The number of carbonyl (C=O) groups excluding carboxylic acids is 1. The summed E-state index contributed by atoms with van der Waals surface area (Å²) in [5.74, 6) is 0.742. The van der Waals surface area contributed by atoms with Gasteiger partial charge in [-0.25, -0.2) is 9.07 Å². The van der Waals surface area contributed by atoms with E-state index in [0.717, 1.165) is 24.2 Å². The van der Waals surface area contributed by atoms with Crippen LogP contribution < -0.4 is 15.5 Å². The molecule has 0 radical (unpaired) electrons. The Kier molecular flexibility index (Phi) is 6.33. The molecule has 10 heteroatoms. The maximum Gasteiger partial charge on any atom is 0.240 e. The van der Waals surface area contributed by atoms with E-state index in [1.54, 1.807) is 19.2 Å². The SMILES string of the molecule is CCCc1nnc2n1NC(c1ccc(OC)c(Cl)c1)C(C(=O)Nc1ccc(F)cc1)S2. The number of aromatic nitrogens is 3. The van der Waals surface area contributed by atoms with Crippen LogP contribution >= 0.6 is 23.4 Å². The van der Waals surface area contributed by atoms with Crippen LogP contribution in [0.3, 0.4) is 0 Å². The molecule has 1 amide bonds. The largest absolute Gasteiger partial charge is 0.495 e.